The maximum absolute atomic E-state index is 12.8. The lowest BCUT2D eigenvalue weighted by molar-refractivity contribution is -0.138. The molecule has 0 atom stereocenters. The van der Waals surface area contributed by atoms with Crippen LogP contribution in [0, 0.1) is 0 Å². The summed E-state index contributed by atoms with van der Waals surface area (Å²) < 4.78 is 38.4. The van der Waals surface area contributed by atoms with E-state index in [1.54, 1.807) is 0 Å². The normalized spacial score (nSPS) is 11.0. The van der Waals surface area contributed by atoms with Gasteiger partial charge in [-0.25, -0.2) is 0 Å². The summed E-state index contributed by atoms with van der Waals surface area (Å²) in [5, 5.41) is 9.70. The molecular weight excluding hydrogens is 351 g/mol. The molecule has 1 heterocycles. The number of carbonyl (C=O) groups excluding carboxylic acids is 2. The first-order chi connectivity index (χ1) is 11.2. The van der Waals surface area contributed by atoms with Gasteiger partial charge in [0, 0.05) is 17.4 Å². The van der Waals surface area contributed by atoms with Crippen LogP contribution in [0.15, 0.2) is 36.7 Å². The first kappa shape index (κ1) is 17.5. The topological polar surface area (TPSA) is 91.3 Å². The van der Waals surface area contributed by atoms with Crippen molar-refractivity contribution in [1.82, 2.24) is 15.8 Å². The average Bonchev–Trinajstić information content (AvgIpc) is 2.53. The van der Waals surface area contributed by atoms with Crippen molar-refractivity contribution in [2.24, 2.45) is 0 Å². The third kappa shape index (κ3) is 3.93. The highest BCUT2D eigenvalue weighted by Gasteiger charge is 2.35. The summed E-state index contributed by atoms with van der Waals surface area (Å²) in [6.45, 7) is 0. The SMILES string of the molecule is O=C(NNC(=O)c1ccncc1C(F)(F)F)c1cc(Cl)ccc1O. The van der Waals surface area contributed by atoms with Crippen molar-refractivity contribution < 1.29 is 27.9 Å². The van der Waals surface area contributed by atoms with Crippen LogP contribution in [0.2, 0.25) is 5.02 Å². The molecule has 0 saturated carbocycles. The lowest BCUT2D eigenvalue weighted by atomic mass is 10.1. The molecule has 3 N–H and O–H groups in total. The van der Waals surface area contributed by atoms with Gasteiger partial charge in [-0.2, -0.15) is 13.2 Å². The fraction of sp³-hybridized carbons (Fsp3) is 0.0714. The van der Waals surface area contributed by atoms with Gasteiger partial charge in [0.15, 0.2) is 0 Å². The average molecular weight is 360 g/mol. The van der Waals surface area contributed by atoms with Gasteiger partial charge in [0.1, 0.15) is 5.75 Å². The summed E-state index contributed by atoms with van der Waals surface area (Å²) in [5.41, 5.74) is 1.52. The van der Waals surface area contributed by atoms with E-state index in [4.69, 9.17) is 11.6 Å². The van der Waals surface area contributed by atoms with Crippen LogP contribution in [0.3, 0.4) is 0 Å². The van der Waals surface area contributed by atoms with Crippen molar-refractivity contribution in [1.29, 1.82) is 0 Å². The van der Waals surface area contributed by atoms with E-state index in [2.05, 4.69) is 4.98 Å². The minimum Gasteiger partial charge on any atom is -0.507 e. The molecule has 0 unspecified atom stereocenters. The highest BCUT2D eigenvalue weighted by molar-refractivity contribution is 6.31. The van der Waals surface area contributed by atoms with Gasteiger partial charge in [-0.15, -0.1) is 0 Å². The Morgan fingerprint density at radius 3 is 2.33 bits per heavy atom. The van der Waals surface area contributed by atoms with E-state index in [1.165, 1.54) is 6.07 Å². The number of phenolic OH excluding ortho intramolecular Hbond substituents is 1. The molecule has 0 aliphatic heterocycles. The van der Waals surface area contributed by atoms with Crippen LogP contribution in [0.25, 0.3) is 0 Å². The number of hydrogen-bond acceptors (Lipinski definition) is 4. The molecule has 0 bridgehead atoms. The Bertz CT molecular complexity index is 796. The molecule has 0 aliphatic carbocycles. The molecule has 0 fully saturated rings. The first-order valence-corrected chi connectivity index (χ1v) is 6.68. The van der Waals surface area contributed by atoms with E-state index in [0.29, 0.717) is 6.20 Å². The number of nitrogens with zero attached hydrogens (tertiary/aromatic N) is 1. The minimum atomic E-state index is -4.78. The quantitative estimate of drug-likeness (QED) is 0.719. The number of rotatable bonds is 2. The summed E-state index contributed by atoms with van der Waals surface area (Å²) in [5.74, 6) is -2.56. The van der Waals surface area contributed by atoms with E-state index in [0.717, 1.165) is 24.4 Å². The largest absolute Gasteiger partial charge is 0.507 e. The number of carbonyl (C=O) groups is 2. The van der Waals surface area contributed by atoms with E-state index in [1.807, 2.05) is 10.9 Å². The number of benzene rings is 1. The zero-order valence-electron chi connectivity index (χ0n) is 11.7. The number of pyridine rings is 1. The Balaban J connectivity index is 2.14. The van der Waals surface area contributed by atoms with Crippen molar-refractivity contribution in [3.63, 3.8) is 0 Å². The summed E-state index contributed by atoms with van der Waals surface area (Å²) >= 11 is 5.68. The Kier molecular flexibility index (Phi) is 4.93. The molecule has 126 valence electrons. The Morgan fingerprint density at radius 1 is 1.08 bits per heavy atom. The predicted octanol–water partition coefficient (Wildman–Crippen LogP) is 2.53. The van der Waals surface area contributed by atoms with Crippen LogP contribution in [0.4, 0.5) is 13.2 Å². The van der Waals surface area contributed by atoms with Gasteiger partial charge in [-0.3, -0.25) is 25.4 Å². The summed E-state index contributed by atoms with van der Waals surface area (Å²) in [4.78, 5) is 27.0. The number of hydrogen-bond donors (Lipinski definition) is 3. The second kappa shape index (κ2) is 6.75. The molecule has 0 saturated heterocycles. The molecular formula is C14H9ClF3N3O3. The van der Waals surface area contributed by atoms with Crippen LogP contribution in [0.1, 0.15) is 26.3 Å². The van der Waals surface area contributed by atoms with Crippen molar-refractivity contribution in [3.05, 3.63) is 58.4 Å². The Labute approximate surface area is 138 Å². The number of alkyl halides is 3. The number of nitrogens with one attached hydrogen (secondary N) is 2. The highest BCUT2D eigenvalue weighted by atomic mass is 35.5. The standard InChI is InChI=1S/C14H9ClF3N3O3/c15-7-1-2-11(22)9(5-7)13(24)21-20-12(23)8-3-4-19-6-10(8)14(16,17)18/h1-6,22H,(H,20,23)(H,21,24). The number of hydrazine groups is 1. The number of amides is 2. The van der Waals surface area contributed by atoms with Crippen LogP contribution in [-0.4, -0.2) is 21.9 Å². The van der Waals surface area contributed by atoms with Crippen LogP contribution >= 0.6 is 11.6 Å². The second-order valence-corrected chi connectivity index (χ2v) is 4.93. The fourth-order valence-electron chi connectivity index (χ4n) is 1.76. The van der Waals surface area contributed by atoms with Crippen molar-refractivity contribution in [3.8, 4) is 5.75 Å². The van der Waals surface area contributed by atoms with Crippen molar-refractivity contribution >= 4 is 23.4 Å². The minimum absolute atomic E-state index is 0.151. The van der Waals surface area contributed by atoms with Gasteiger partial charge in [0.25, 0.3) is 11.8 Å². The second-order valence-electron chi connectivity index (χ2n) is 4.49. The molecule has 6 nitrogen and oxygen atoms in total. The van der Waals surface area contributed by atoms with Gasteiger partial charge in [0.2, 0.25) is 0 Å². The molecule has 0 aliphatic rings. The predicted molar refractivity (Wildman–Crippen MR) is 77.3 cm³/mol. The summed E-state index contributed by atoms with van der Waals surface area (Å²) in [7, 11) is 0. The lowest BCUT2D eigenvalue weighted by Gasteiger charge is -2.13. The van der Waals surface area contributed by atoms with Crippen molar-refractivity contribution in [2.75, 3.05) is 0 Å². The van der Waals surface area contributed by atoms with Gasteiger partial charge < -0.3 is 5.11 Å². The van der Waals surface area contributed by atoms with Crippen LogP contribution < -0.4 is 10.9 Å². The Hall–Kier alpha value is -2.81. The number of aromatic nitrogens is 1. The van der Waals surface area contributed by atoms with Gasteiger partial charge in [-0.05, 0) is 24.3 Å². The van der Waals surface area contributed by atoms with Crippen LogP contribution in [-0.2, 0) is 6.18 Å². The molecule has 24 heavy (non-hydrogen) atoms. The molecule has 0 radical (unpaired) electrons. The molecule has 2 aromatic rings. The van der Waals surface area contributed by atoms with E-state index < -0.39 is 34.9 Å². The fourth-order valence-corrected chi connectivity index (χ4v) is 1.93. The lowest BCUT2D eigenvalue weighted by Crippen LogP contribution is -2.42. The van der Waals surface area contributed by atoms with E-state index >= 15 is 0 Å². The smallest absolute Gasteiger partial charge is 0.418 e. The molecule has 2 amide bonds. The van der Waals surface area contributed by atoms with Gasteiger partial charge in [-0.1, -0.05) is 11.6 Å². The zero-order valence-corrected chi connectivity index (χ0v) is 12.4. The maximum atomic E-state index is 12.8. The number of phenols is 1. The summed E-state index contributed by atoms with van der Waals surface area (Å²) in [6, 6.07) is 4.48. The number of halogens is 4. The van der Waals surface area contributed by atoms with Crippen molar-refractivity contribution in [2.45, 2.75) is 6.18 Å². The van der Waals surface area contributed by atoms with Gasteiger partial charge >= 0.3 is 6.18 Å². The molecule has 1 aromatic carbocycles. The molecule has 10 heteroatoms. The Morgan fingerprint density at radius 2 is 1.71 bits per heavy atom. The summed E-state index contributed by atoms with van der Waals surface area (Å²) in [6.07, 6.45) is -3.27. The maximum Gasteiger partial charge on any atom is 0.418 e. The number of aromatic hydroxyl groups is 1. The highest BCUT2D eigenvalue weighted by Crippen LogP contribution is 2.31. The molecule has 0 spiro atoms. The molecule has 1 aromatic heterocycles. The first-order valence-electron chi connectivity index (χ1n) is 6.30. The van der Waals surface area contributed by atoms with Gasteiger partial charge in [0.05, 0.1) is 16.7 Å². The van der Waals surface area contributed by atoms with E-state index in [-0.39, 0.29) is 10.6 Å². The molecule has 2 rings (SSSR count). The van der Waals surface area contributed by atoms with E-state index in [9.17, 15) is 27.9 Å². The van der Waals surface area contributed by atoms with Crippen LogP contribution in [0.5, 0.6) is 5.75 Å². The zero-order chi connectivity index (χ0) is 17.9. The third-order valence-electron chi connectivity index (χ3n) is 2.86. The third-order valence-corrected chi connectivity index (χ3v) is 3.10. The monoisotopic (exact) mass is 359 g/mol.